The lowest BCUT2D eigenvalue weighted by molar-refractivity contribution is 0.0695. The molecule has 0 saturated heterocycles. The van der Waals surface area contributed by atoms with Crippen molar-refractivity contribution in [3.8, 4) is 11.3 Å². The van der Waals surface area contributed by atoms with E-state index in [1.54, 1.807) is 0 Å². The molecule has 0 amide bonds. The second-order valence-electron chi connectivity index (χ2n) is 5.13. The third-order valence-electron chi connectivity index (χ3n) is 3.62. The molecule has 1 aromatic carbocycles. The van der Waals surface area contributed by atoms with Crippen LogP contribution in [0.15, 0.2) is 29.1 Å². The fourth-order valence-electron chi connectivity index (χ4n) is 2.56. The van der Waals surface area contributed by atoms with Gasteiger partial charge in [-0.25, -0.2) is 9.78 Å². The molecule has 0 aliphatic carbocycles. The first-order chi connectivity index (χ1) is 10.5. The fourth-order valence-corrected chi connectivity index (χ4v) is 2.56. The molecule has 0 fully saturated rings. The summed E-state index contributed by atoms with van der Waals surface area (Å²) in [5.41, 5.74) is 3.14. The number of aromatic nitrogens is 3. The minimum Gasteiger partial charge on any atom is -0.477 e. The predicted molar refractivity (Wildman–Crippen MR) is 83.2 cm³/mol. The Morgan fingerprint density at radius 2 is 2.05 bits per heavy atom. The zero-order chi connectivity index (χ0) is 15.9. The lowest BCUT2D eigenvalue weighted by Crippen LogP contribution is -2.19. The Labute approximate surface area is 125 Å². The maximum atomic E-state index is 11.9. The average Bonchev–Trinajstić information content (AvgIpc) is 2.85. The summed E-state index contributed by atoms with van der Waals surface area (Å²) in [6, 6.07) is 7.09. The molecule has 3 rings (SSSR count). The molecule has 0 saturated carbocycles. The molecular formula is C16H15N3O3. The molecule has 3 aromatic rings. The summed E-state index contributed by atoms with van der Waals surface area (Å²) in [6.07, 6.45) is 0.617. The van der Waals surface area contributed by atoms with Gasteiger partial charge in [0.2, 0.25) is 0 Å². The quantitative estimate of drug-likeness (QED) is 0.691. The summed E-state index contributed by atoms with van der Waals surface area (Å²) in [7, 11) is 0. The second kappa shape index (κ2) is 5.14. The number of fused-ring (bicyclic) bond motifs is 1. The number of benzene rings is 1. The molecule has 0 radical (unpaired) electrons. The van der Waals surface area contributed by atoms with Crippen molar-refractivity contribution in [2.75, 3.05) is 0 Å². The van der Waals surface area contributed by atoms with Crippen molar-refractivity contribution < 1.29 is 9.90 Å². The Balaban J connectivity index is 2.22. The molecule has 2 heterocycles. The Bertz CT molecular complexity index is 937. The van der Waals surface area contributed by atoms with Crippen LogP contribution < -0.4 is 5.56 Å². The summed E-state index contributed by atoms with van der Waals surface area (Å²) in [5, 5.41) is 9.06. The van der Waals surface area contributed by atoms with Gasteiger partial charge in [0.25, 0.3) is 5.56 Å². The number of pyridine rings is 1. The molecule has 0 spiro atoms. The van der Waals surface area contributed by atoms with E-state index in [2.05, 4.69) is 15.0 Å². The predicted octanol–water partition coefficient (Wildman–Crippen LogP) is 2.49. The summed E-state index contributed by atoms with van der Waals surface area (Å²) in [6.45, 7) is 3.79. The van der Waals surface area contributed by atoms with Crippen LogP contribution in [0.2, 0.25) is 0 Å². The van der Waals surface area contributed by atoms with Crippen LogP contribution in [0.25, 0.3) is 22.3 Å². The average molecular weight is 297 g/mol. The highest BCUT2D eigenvalue weighted by atomic mass is 16.4. The number of imidazole rings is 1. The van der Waals surface area contributed by atoms with Gasteiger partial charge < -0.3 is 15.1 Å². The van der Waals surface area contributed by atoms with E-state index in [0.717, 1.165) is 28.0 Å². The number of carboxylic acids is 1. The van der Waals surface area contributed by atoms with Gasteiger partial charge in [0.1, 0.15) is 11.4 Å². The van der Waals surface area contributed by atoms with Crippen LogP contribution in [0, 0.1) is 6.92 Å². The van der Waals surface area contributed by atoms with E-state index in [9.17, 15) is 9.59 Å². The van der Waals surface area contributed by atoms with E-state index in [-0.39, 0.29) is 5.56 Å². The van der Waals surface area contributed by atoms with E-state index in [4.69, 9.17) is 5.11 Å². The fraction of sp³-hybridized carbons (Fsp3) is 0.188. The zero-order valence-corrected chi connectivity index (χ0v) is 12.2. The molecular weight excluding hydrogens is 282 g/mol. The van der Waals surface area contributed by atoms with E-state index < -0.39 is 11.5 Å². The maximum absolute atomic E-state index is 11.9. The molecule has 0 atom stereocenters. The van der Waals surface area contributed by atoms with Gasteiger partial charge in [-0.3, -0.25) is 4.79 Å². The standard InChI is InChI=1S/C16H15N3O3/c1-3-9-6-11(16(21)22)15(20)19-14(9)10-4-5-12-13(7-10)18-8(2)17-12/h4-7H,3H2,1-2H3,(H,17,18)(H,19,20)(H,21,22). The normalized spacial score (nSPS) is 11.0. The zero-order valence-electron chi connectivity index (χ0n) is 12.2. The van der Waals surface area contributed by atoms with Crippen molar-refractivity contribution in [1.29, 1.82) is 0 Å². The van der Waals surface area contributed by atoms with Gasteiger partial charge in [-0.1, -0.05) is 13.0 Å². The van der Waals surface area contributed by atoms with Crippen molar-refractivity contribution in [3.05, 3.63) is 51.6 Å². The molecule has 22 heavy (non-hydrogen) atoms. The molecule has 0 aliphatic heterocycles. The van der Waals surface area contributed by atoms with Gasteiger partial charge in [-0.2, -0.15) is 0 Å². The molecule has 6 nitrogen and oxygen atoms in total. The SMILES string of the molecule is CCc1cc(C(=O)O)c(=O)[nH]c1-c1ccc2nc(C)[nH]c2c1. The van der Waals surface area contributed by atoms with Gasteiger partial charge in [0.15, 0.2) is 0 Å². The number of aryl methyl sites for hydroxylation is 2. The van der Waals surface area contributed by atoms with Crippen LogP contribution in [0.5, 0.6) is 0 Å². The minimum atomic E-state index is -1.22. The van der Waals surface area contributed by atoms with Crippen molar-refractivity contribution in [3.63, 3.8) is 0 Å². The van der Waals surface area contributed by atoms with E-state index in [1.165, 1.54) is 6.07 Å². The third-order valence-corrected chi connectivity index (χ3v) is 3.62. The summed E-state index contributed by atoms with van der Waals surface area (Å²) in [4.78, 5) is 33.2. The highest BCUT2D eigenvalue weighted by Crippen LogP contribution is 2.25. The third kappa shape index (κ3) is 2.28. The van der Waals surface area contributed by atoms with Crippen LogP contribution in [-0.4, -0.2) is 26.0 Å². The number of carboxylic acid groups (broad SMARTS) is 1. The first-order valence-electron chi connectivity index (χ1n) is 6.96. The van der Waals surface area contributed by atoms with Crippen LogP contribution in [-0.2, 0) is 6.42 Å². The number of carbonyl (C=O) groups is 1. The molecule has 0 aliphatic rings. The number of nitrogens with zero attached hydrogens (tertiary/aromatic N) is 1. The number of rotatable bonds is 3. The first-order valence-corrected chi connectivity index (χ1v) is 6.96. The van der Waals surface area contributed by atoms with Gasteiger partial charge in [0, 0.05) is 5.56 Å². The Morgan fingerprint density at radius 1 is 1.27 bits per heavy atom. The van der Waals surface area contributed by atoms with Crippen molar-refractivity contribution in [2.45, 2.75) is 20.3 Å². The van der Waals surface area contributed by atoms with Crippen molar-refractivity contribution in [1.82, 2.24) is 15.0 Å². The highest BCUT2D eigenvalue weighted by Gasteiger charge is 2.14. The summed E-state index contributed by atoms with van der Waals surface area (Å²) in [5.74, 6) is -0.403. The number of nitrogens with one attached hydrogen (secondary N) is 2. The van der Waals surface area contributed by atoms with Gasteiger partial charge in [0.05, 0.1) is 16.7 Å². The highest BCUT2D eigenvalue weighted by molar-refractivity contribution is 5.88. The van der Waals surface area contributed by atoms with Crippen LogP contribution >= 0.6 is 0 Å². The monoisotopic (exact) mass is 297 g/mol. The molecule has 2 aromatic heterocycles. The second-order valence-corrected chi connectivity index (χ2v) is 5.13. The molecule has 0 bridgehead atoms. The number of H-pyrrole nitrogens is 2. The van der Waals surface area contributed by atoms with Gasteiger partial charge >= 0.3 is 5.97 Å². The Morgan fingerprint density at radius 3 is 2.73 bits per heavy atom. The van der Waals surface area contributed by atoms with E-state index in [0.29, 0.717) is 12.1 Å². The number of hydrogen-bond donors (Lipinski definition) is 3. The van der Waals surface area contributed by atoms with Crippen molar-refractivity contribution in [2.24, 2.45) is 0 Å². The lowest BCUT2D eigenvalue weighted by atomic mass is 10.0. The lowest BCUT2D eigenvalue weighted by Gasteiger charge is -2.09. The number of aromatic carboxylic acids is 1. The molecule has 0 unspecified atom stereocenters. The topological polar surface area (TPSA) is 98.8 Å². The first kappa shape index (κ1) is 14.1. The van der Waals surface area contributed by atoms with Crippen LogP contribution in [0.4, 0.5) is 0 Å². The van der Waals surface area contributed by atoms with Gasteiger partial charge in [-0.15, -0.1) is 0 Å². The Hall–Kier alpha value is -2.89. The molecule has 112 valence electrons. The van der Waals surface area contributed by atoms with E-state index in [1.807, 2.05) is 32.0 Å². The summed E-state index contributed by atoms with van der Waals surface area (Å²) < 4.78 is 0. The summed E-state index contributed by atoms with van der Waals surface area (Å²) >= 11 is 0. The maximum Gasteiger partial charge on any atom is 0.341 e. The van der Waals surface area contributed by atoms with Crippen molar-refractivity contribution >= 4 is 17.0 Å². The van der Waals surface area contributed by atoms with Crippen LogP contribution in [0.3, 0.4) is 0 Å². The minimum absolute atomic E-state index is 0.237. The largest absolute Gasteiger partial charge is 0.477 e. The molecule has 3 N–H and O–H groups in total. The Kier molecular flexibility index (Phi) is 3.29. The van der Waals surface area contributed by atoms with Crippen LogP contribution in [0.1, 0.15) is 28.7 Å². The smallest absolute Gasteiger partial charge is 0.341 e. The number of hydrogen-bond acceptors (Lipinski definition) is 3. The van der Waals surface area contributed by atoms with Gasteiger partial charge in [-0.05, 0) is 37.1 Å². The number of aromatic amines is 2. The van der Waals surface area contributed by atoms with E-state index >= 15 is 0 Å². The molecule has 6 heteroatoms.